The van der Waals surface area contributed by atoms with Gasteiger partial charge < -0.3 is 14.2 Å². The van der Waals surface area contributed by atoms with Crippen LogP contribution >= 0.6 is 0 Å². The van der Waals surface area contributed by atoms with Gasteiger partial charge in [-0.1, -0.05) is 208 Å². The summed E-state index contributed by atoms with van der Waals surface area (Å²) >= 11 is 0. The Morgan fingerprint density at radius 2 is 0.591 bits per heavy atom. The van der Waals surface area contributed by atoms with Crippen molar-refractivity contribution in [3.63, 3.8) is 0 Å². The molecule has 66 heavy (non-hydrogen) atoms. The molecule has 0 amide bonds. The van der Waals surface area contributed by atoms with Crippen molar-refractivity contribution in [3.05, 3.63) is 97.2 Å². The maximum Gasteiger partial charge on any atom is 0.306 e. The maximum absolute atomic E-state index is 12.8. The molecular weight excluding hydrogens is 817 g/mol. The fourth-order valence-corrected chi connectivity index (χ4v) is 7.27. The lowest BCUT2D eigenvalue weighted by molar-refractivity contribution is -0.167. The molecule has 1 unspecified atom stereocenters. The molecule has 6 nitrogen and oxygen atoms in total. The number of esters is 3. The minimum absolute atomic E-state index is 0.0948. The largest absolute Gasteiger partial charge is 0.462 e. The predicted octanol–water partition coefficient (Wildman–Crippen LogP) is 18.1. The van der Waals surface area contributed by atoms with Gasteiger partial charge in [0, 0.05) is 19.3 Å². The number of hydrogen-bond donors (Lipinski definition) is 0. The molecule has 0 saturated heterocycles. The van der Waals surface area contributed by atoms with E-state index in [4.69, 9.17) is 14.2 Å². The molecule has 0 heterocycles. The quantitative estimate of drug-likeness (QED) is 0.0262. The molecule has 0 bridgehead atoms. The topological polar surface area (TPSA) is 78.9 Å². The Morgan fingerprint density at radius 1 is 0.318 bits per heavy atom. The van der Waals surface area contributed by atoms with Crippen LogP contribution in [0, 0.1) is 0 Å². The summed E-state index contributed by atoms with van der Waals surface area (Å²) in [6, 6.07) is 0. The number of carbonyl (C=O) groups is 3. The Hall–Kier alpha value is -3.67. The van der Waals surface area contributed by atoms with Gasteiger partial charge in [-0.25, -0.2) is 0 Å². The van der Waals surface area contributed by atoms with E-state index in [1.165, 1.54) is 77.0 Å². The first-order valence-electron chi connectivity index (χ1n) is 27.2. The average molecular weight is 917 g/mol. The number of allylic oxidation sites excluding steroid dienone is 16. The second-order valence-corrected chi connectivity index (χ2v) is 17.7. The molecule has 0 fully saturated rings. The number of ether oxygens (including phenoxy) is 3. The molecule has 0 spiro atoms. The first-order chi connectivity index (χ1) is 32.5. The first-order valence-corrected chi connectivity index (χ1v) is 27.2. The lowest BCUT2D eigenvalue weighted by Gasteiger charge is -2.18. The molecule has 0 radical (unpaired) electrons. The zero-order valence-electron chi connectivity index (χ0n) is 42.9. The van der Waals surface area contributed by atoms with Gasteiger partial charge in [-0.3, -0.25) is 14.4 Å². The normalized spacial score (nSPS) is 12.8. The smallest absolute Gasteiger partial charge is 0.306 e. The highest BCUT2D eigenvalue weighted by Gasteiger charge is 2.19. The molecule has 6 heteroatoms. The third kappa shape index (κ3) is 51.3. The van der Waals surface area contributed by atoms with Crippen molar-refractivity contribution in [1.82, 2.24) is 0 Å². The standard InChI is InChI=1S/C60H100O6/c1-4-7-10-13-16-19-22-25-28-29-30-31-33-35-38-41-44-47-50-53-59(62)65-56-57(55-64-58(61)52-49-46-43-40-37-34-27-24-21-18-15-12-9-6-3)66-60(63)54-51-48-45-42-39-36-32-26-23-20-17-14-11-8-5-2/h7,9-10,12,16,18-21,23,25,27-28,30-31,34,57H,4-6,8,11,13-15,17,22,24,26,29,32-33,35-56H2,1-3H3/b10-7-,12-9-,19-16-,21-18-,23-20-,28-25-,31-30-,34-27-. The monoisotopic (exact) mass is 917 g/mol. The van der Waals surface area contributed by atoms with E-state index in [2.05, 4.69) is 118 Å². The molecule has 0 aromatic rings. The third-order valence-corrected chi connectivity index (χ3v) is 11.3. The summed E-state index contributed by atoms with van der Waals surface area (Å²) < 4.78 is 16.8. The van der Waals surface area contributed by atoms with Crippen LogP contribution in [0.25, 0.3) is 0 Å². The second-order valence-electron chi connectivity index (χ2n) is 17.7. The first kappa shape index (κ1) is 62.3. The molecule has 0 aliphatic carbocycles. The Balaban J connectivity index is 4.44. The van der Waals surface area contributed by atoms with Crippen molar-refractivity contribution in [1.29, 1.82) is 0 Å². The van der Waals surface area contributed by atoms with Gasteiger partial charge in [0.1, 0.15) is 13.2 Å². The van der Waals surface area contributed by atoms with Crippen LogP contribution in [0.4, 0.5) is 0 Å². The summed E-state index contributed by atoms with van der Waals surface area (Å²) in [5.41, 5.74) is 0. The van der Waals surface area contributed by atoms with Crippen LogP contribution in [0.2, 0.25) is 0 Å². The van der Waals surface area contributed by atoms with Gasteiger partial charge in [0.05, 0.1) is 0 Å². The van der Waals surface area contributed by atoms with Crippen LogP contribution in [0.15, 0.2) is 97.2 Å². The van der Waals surface area contributed by atoms with E-state index in [0.29, 0.717) is 19.3 Å². The number of unbranched alkanes of at least 4 members (excludes halogenated alkanes) is 21. The van der Waals surface area contributed by atoms with Crippen molar-refractivity contribution in [2.75, 3.05) is 13.2 Å². The van der Waals surface area contributed by atoms with Gasteiger partial charge in [-0.05, 0) is 116 Å². The van der Waals surface area contributed by atoms with Gasteiger partial charge in [-0.15, -0.1) is 0 Å². The number of rotatable bonds is 48. The molecule has 0 saturated carbocycles. The fraction of sp³-hybridized carbons (Fsp3) is 0.683. The van der Waals surface area contributed by atoms with Crippen molar-refractivity contribution >= 4 is 17.9 Å². The van der Waals surface area contributed by atoms with Crippen LogP contribution < -0.4 is 0 Å². The molecule has 0 aliphatic rings. The van der Waals surface area contributed by atoms with Crippen molar-refractivity contribution < 1.29 is 28.6 Å². The van der Waals surface area contributed by atoms with Crippen LogP contribution in [0.1, 0.15) is 245 Å². The Bertz CT molecular complexity index is 1330. The summed E-state index contributed by atoms with van der Waals surface area (Å²) in [7, 11) is 0. The van der Waals surface area contributed by atoms with E-state index >= 15 is 0 Å². The molecule has 0 rings (SSSR count). The second kappa shape index (κ2) is 53.9. The fourth-order valence-electron chi connectivity index (χ4n) is 7.27. The zero-order valence-corrected chi connectivity index (χ0v) is 42.9. The van der Waals surface area contributed by atoms with E-state index in [9.17, 15) is 14.4 Å². The SMILES string of the molecule is CC/C=C\C/C=C\C/C=C\C/C=C\CCCCCCCCC(=O)OCC(COC(=O)CCCCCC/C=C\C/C=C\C/C=C\CC)OC(=O)CCCCCCCCC/C=C\CCCCCC. The van der Waals surface area contributed by atoms with Crippen LogP contribution in [-0.4, -0.2) is 37.2 Å². The minimum Gasteiger partial charge on any atom is -0.462 e. The van der Waals surface area contributed by atoms with Gasteiger partial charge in [-0.2, -0.15) is 0 Å². The molecule has 0 aromatic heterocycles. The molecule has 0 N–H and O–H groups in total. The maximum atomic E-state index is 12.8. The number of carbonyl (C=O) groups excluding carboxylic acids is 3. The molecule has 0 aliphatic heterocycles. The van der Waals surface area contributed by atoms with E-state index < -0.39 is 6.10 Å². The van der Waals surface area contributed by atoms with E-state index in [0.717, 1.165) is 128 Å². The van der Waals surface area contributed by atoms with Gasteiger partial charge in [0.15, 0.2) is 6.10 Å². The van der Waals surface area contributed by atoms with Gasteiger partial charge >= 0.3 is 17.9 Å². The highest BCUT2D eigenvalue weighted by atomic mass is 16.6. The number of hydrogen-bond acceptors (Lipinski definition) is 6. The van der Waals surface area contributed by atoms with Gasteiger partial charge in [0.2, 0.25) is 0 Å². The Morgan fingerprint density at radius 3 is 0.939 bits per heavy atom. The van der Waals surface area contributed by atoms with Crippen molar-refractivity contribution in [2.45, 2.75) is 252 Å². The van der Waals surface area contributed by atoms with E-state index in [1.807, 2.05) is 0 Å². The summed E-state index contributed by atoms with van der Waals surface area (Å²) in [5, 5.41) is 0. The van der Waals surface area contributed by atoms with Crippen LogP contribution in [0.3, 0.4) is 0 Å². The molecule has 1 atom stereocenters. The minimum atomic E-state index is -0.796. The molecule has 376 valence electrons. The highest BCUT2D eigenvalue weighted by molar-refractivity contribution is 5.71. The molecule has 0 aromatic carbocycles. The lowest BCUT2D eigenvalue weighted by Crippen LogP contribution is -2.30. The summed E-state index contributed by atoms with van der Waals surface area (Å²) in [4.78, 5) is 38.1. The third-order valence-electron chi connectivity index (χ3n) is 11.3. The highest BCUT2D eigenvalue weighted by Crippen LogP contribution is 2.14. The van der Waals surface area contributed by atoms with E-state index in [-0.39, 0.29) is 31.1 Å². The summed E-state index contributed by atoms with van der Waals surface area (Å²) in [6.07, 6.45) is 71.0. The van der Waals surface area contributed by atoms with Crippen LogP contribution in [-0.2, 0) is 28.6 Å². The Kier molecular flexibility index (Phi) is 50.9. The summed E-state index contributed by atoms with van der Waals surface area (Å²) in [5.74, 6) is -0.934. The summed E-state index contributed by atoms with van der Waals surface area (Å²) in [6.45, 7) is 6.36. The lowest BCUT2D eigenvalue weighted by atomic mass is 10.1. The molecular formula is C60H100O6. The van der Waals surface area contributed by atoms with Crippen LogP contribution in [0.5, 0.6) is 0 Å². The van der Waals surface area contributed by atoms with Crippen molar-refractivity contribution in [2.24, 2.45) is 0 Å². The average Bonchev–Trinajstić information content (AvgIpc) is 3.31. The zero-order chi connectivity index (χ0) is 47.9. The Labute approximate surface area is 407 Å². The predicted molar refractivity (Wildman–Crippen MR) is 284 cm³/mol. The van der Waals surface area contributed by atoms with Crippen molar-refractivity contribution in [3.8, 4) is 0 Å². The van der Waals surface area contributed by atoms with Gasteiger partial charge in [0.25, 0.3) is 0 Å². The van der Waals surface area contributed by atoms with E-state index in [1.54, 1.807) is 0 Å².